The van der Waals surface area contributed by atoms with E-state index in [9.17, 15) is 4.79 Å². The van der Waals surface area contributed by atoms with Crippen LogP contribution in [0.15, 0.2) is 11.1 Å². The predicted molar refractivity (Wildman–Crippen MR) is 36.5 cm³/mol. The van der Waals surface area contributed by atoms with Crippen LogP contribution in [0.4, 0.5) is 0 Å². The average molecular weight is 158 g/mol. The van der Waals surface area contributed by atoms with E-state index >= 15 is 0 Å². The second-order valence-electron chi connectivity index (χ2n) is 2.51. The molecule has 0 aromatic heterocycles. The Balaban J connectivity index is 2.97. The van der Waals surface area contributed by atoms with Gasteiger partial charge in [-0.3, -0.25) is 0 Å². The topological polar surface area (TPSA) is 66.8 Å². The number of hydrogen-bond acceptors (Lipinski definition) is 4. The van der Waals surface area contributed by atoms with Crippen LogP contribution in [-0.2, 0) is 9.53 Å². The molecule has 0 fully saturated rings. The highest BCUT2D eigenvalue weighted by atomic mass is 16.6. The summed E-state index contributed by atoms with van der Waals surface area (Å²) in [7, 11) is 0. The summed E-state index contributed by atoms with van der Waals surface area (Å²) < 4.78 is 4.43. The van der Waals surface area contributed by atoms with Crippen LogP contribution in [0.3, 0.4) is 0 Å². The first-order chi connectivity index (χ1) is 5.04. The monoisotopic (exact) mass is 158 g/mol. The largest absolute Gasteiger partial charge is 0.428 e. The molecule has 1 rings (SSSR count). The molecule has 2 N–H and O–H groups in total. The van der Waals surface area contributed by atoms with Gasteiger partial charge in [-0.05, 0) is 13.8 Å². The van der Waals surface area contributed by atoms with Crippen molar-refractivity contribution < 1.29 is 19.7 Å². The number of aliphatic hydroxyl groups is 2. The van der Waals surface area contributed by atoms with Gasteiger partial charge in [0.2, 0.25) is 6.29 Å². The normalized spacial score (nSPS) is 27.3. The zero-order chi connectivity index (χ0) is 8.59. The minimum Gasteiger partial charge on any atom is -0.428 e. The Morgan fingerprint density at radius 1 is 1.64 bits per heavy atom. The van der Waals surface area contributed by atoms with Gasteiger partial charge in [0.25, 0.3) is 0 Å². The lowest BCUT2D eigenvalue weighted by atomic mass is 10.1. The Bertz CT molecular complexity index is 216. The number of aliphatic hydroxyl groups excluding tert-OH is 2. The average Bonchev–Trinajstić information content (AvgIpc) is 2.07. The van der Waals surface area contributed by atoms with Crippen LogP contribution in [-0.4, -0.2) is 28.6 Å². The van der Waals surface area contributed by atoms with Gasteiger partial charge in [-0.15, -0.1) is 0 Å². The summed E-state index contributed by atoms with van der Waals surface area (Å²) in [6, 6.07) is 0. The van der Waals surface area contributed by atoms with E-state index in [1.165, 1.54) is 13.8 Å². The van der Waals surface area contributed by atoms with Crippen molar-refractivity contribution in [3.8, 4) is 0 Å². The van der Waals surface area contributed by atoms with Crippen molar-refractivity contribution in [3.05, 3.63) is 11.1 Å². The molecule has 0 saturated heterocycles. The van der Waals surface area contributed by atoms with Gasteiger partial charge in [0.1, 0.15) is 0 Å². The second kappa shape index (κ2) is 2.64. The molecule has 4 heteroatoms. The van der Waals surface area contributed by atoms with E-state index in [1.54, 1.807) is 0 Å². The zero-order valence-electron chi connectivity index (χ0n) is 6.37. The summed E-state index contributed by atoms with van der Waals surface area (Å²) in [4.78, 5) is 10.7. The molecule has 0 aromatic carbocycles. The van der Waals surface area contributed by atoms with Gasteiger partial charge >= 0.3 is 5.97 Å². The van der Waals surface area contributed by atoms with Gasteiger partial charge in [-0.25, -0.2) is 4.79 Å². The van der Waals surface area contributed by atoms with Crippen molar-refractivity contribution in [1.29, 1.82) is 0 Å². The van der Waals surface area contributed by atoms with Crippen LogP contribution < -0.4 is 0 Å². The molecule has 62 valence electrons. The molecule has 11 heavy (non-hydrogen) atoms. The van der Waals surface area contributed by atoms with Crippen molar-refractivity contribution in [3.63, 3.8) is 0 Å². The fourth-order valence-corrected chi connectivity index (χ4v) is 1.08. The number of cyclic esters (lactones) is 1. The number of rotatable bonds is 1. The number of ether oxygens (including phenoxy) is 1. The molecule has 1 aliphatic heterocycles. The first kappa shape index (κ1) is 8.23. The molecule has 0 amide bonds. The molecule has 4 nitrogen and oxygen atoms in total. The van der Waals surface area contributed by atoms with Gasteiger partial charge in [0.05, 0.1) is 6.10 Å². The van der Waals surface area contributed by atoms with E-state index in [0.717, 1.165) is 0 Å². The Morgan fingerprint density at radius 2 is 2.18 bits per heavy atom. The molecule has 0 radical (unpaired) electrons. The van der Waals surface area contributed by atoms with Crippen LogP contribution in [0.2, 0.25) is 0 Å². The third-order valence-corrected chi connectivity index (χ3v) is 1.67. The van der Waals surface area contributed by atoms with E-state index in [0.29, 0.717) is 5.57 Å². The lowest BCUT2D eigenvalue weighted by molar-refractivity contribution is -0.152. The Morgan fingerprint density at radius 3 is 2.36 bits per heavy atom. The SMILES string of the molecule is CC1=C([C@@H](C)O)[C@H](O)OC1=O. The minimum absolute atomic E-state index is 0.259. The van der Waals surface area contributed by atoms with Crippen LogP contribution in [0.5, 0.6) is 0 Å². The predicted octanol–water partition coefficient (Wildman–Crippen LogP) is -0.441. The summed E-state index contributed by atoms with van der Waals surface area (Å²) in [5.41, 5.74) is 0.558. The summed E-state index contributed by atoms with van der Waals surface area (Å²) in [5.74, 6) is -0.562. The van der Waals surface area contributed by atoms with E-state index in [1.807, 2.05) is 0 Å². The highest BCUT2D eigenvalue weighted by molar-refractivity contribution is 5.91. The van der Waals surface area contributed by atoms with E-state index in [-0.39, 0.29) is 5.57 Å². The van der Waals surface area contributed by atoms with E-state index in [2.05, 4.69) is 4.74 Å². The fraction of sp³-hybridized carbons (Fsp3) is 0.571. The number of carbonyl (C=O) groups excluding carboxylic acids is 1. The van der Waals surface area contributed by atoms with E-state index in [4.69, 9.17) is 10.2 Å². The van der Waals surface area contributed by atoms with Crippen LogP contribution >= 0.6 is 0 Å². The van der Waals surface area contributed by atoms with Crippen molar-refractivity contribution in [2.24, 2.45) is 0 Å². The van der Waals surface area contributed by atoms with Gasteiger partial charge in [0.15, 0.2) is 0 Å². The maximum absolute atomic E-state index is 10.7. The summed E-state index contributed by atoms with van der Waals surface area (Å²) >= 11 is 0. The minimum atomic E-state index is -1.26. The van der Waals surface area contributed by atoms with Gasteiger partial charge in [-0.2, -0.15) is 0 Å². The Labute approximate surface area is 64.1 Å². The number of carbonyl (C=O) groups is 1. The Hall–Kier alpha value is -0.870. The quantitative estimate of drug-likeness (QED) is 0.507. The Kier molecular flexibility index (Phi) is 1.97. The standard InChI is InChI=1S/C7H10O4/c1-3-5(4(2)8)7(10)11-6(3)9/h4,7-8,10H,1-2H3/t4-,7-/m1/s1. The third kappa shape index (κ3) is 1.27. The molecule has 1 heterocycles. The summed E-state index contributed by atoms with van der Waals surface area (Å²) in [6.07, 6.45) is -2.10. The molecular formula is C7H10O4. The molecule has 0 aliphatic carbocycles. The molecule has 0 saturated carbocycles. The fourth-order valence-electron chi connectivity index (χ4n) is 1.08. The van der Waals surface area contributed by atoms with Gasteiger partial charge < -0.3 is 14.9 Å². The first-order valence-corrected chi connectivity index (χ1v) is 3.32. The molecule has 0 bridgehead atoms. The third-order valence-electron chi connectivity index (χ3n) is 1.67. The maximum atomic E-state index is 10.7. The van der Waals surface area contributed by atoms with Crippen molar-refractivity contribution >= 4 is 5.97 Å². The molecular weight excluding hydrogens is 148 g/mol. The van der Waals surface area contributed by atoms with Crippen LogP contribution in [0, 0.1) is 0 Å². The smallest absolute Gasteiger partial charge is 0.336 e. The molecule has 2 atom stereocenters. The molecule has 1 aliphatic rings. The van der Waals surface area contributed by atoms with Gasteiger partial charge in [0, 0.05) is 11.1 Å². The molecule has 0 spiro atoms. The lowest BCUT2D eigenvalue weighted by Gasteiger charge is -2.09. The maximum Gasteiger partial charge on any atom is 0.336 e. The summed E-state index contributed by atoms with van der Waals surface area (Å²) in [6.45, 7) is 2.99. The first-order valence-electron chi connectivity index (χ1n) is 3.32. The van der Waals surface area contributed by atoms with Crippen molar-refractivity contribution in [2.75, 3.05) is 0 Å². The van der Waals surface area contributed by atoms with E-state index < -0.39 is 18.4 Å². The zero-order valence-corrected chi connectivity index (χ0v) is 6.37. The summed E-state index contributed by atoms with van der Waals surface area (Å²) in [5, 5.41) is 18.1. The van der Waals surface area contributed by atoms with Crippen LogP contribution in [0.25, 0.3) is 0 Å². The van der Waals surface area contributed by atoms with Crippen molar-refractivity contribution in [2.45, 2.75) is 26.2 Å². The highest BCUT2D eigenvalue weighted by Crippen LogP contribution is 2.23. The van der Waals surface area contributed by atoms with Gasteiger partial charge in [-0.1, -0.05) is 0 Å². The molecule has 0 aromatic rings. The second-order valence-corrected chi connectivity index (χ2v) is 2.51. The molecule has 0 unspecified atom stereocenters. The lowest BCUT2D eigenvalue weighted by Crippen LogP contribution is -2.17. The van der Waals surface area contributed by atoms with Crippen LogP contribution in [0.1, 0.15) is 13.8 Å². The highest BCUT2D eigenvalue weighted by Gasteiger charge is 2.32. The van der Waals surface area contributed by atoms with Crippen molar-refractivity contribution in [1.82, 2.24) is 0 Å². The number of hydrogen-bond donors (Lipinski definition) is 2. The number of esters is 1.